The topological polar surface area (TPSA) is 29.1 Å². The van der Waals surface area contributed by atoms with Crippen molar-refractivity contribution in [1.29, 1.82) is 0 Å². The van der Waals surface area contributed by atoms with Crippen molar-refractivity contribution in [2.45, 2.75) is 6.04 Å². The molecule has 0 aliphatic carbocycles. The predicted molar refractivity (Wildman–Crippen MR) is 107 cm³/mol. The summed E-state index contributed by atoms with van der Waals surface area (Å²) in [6.45, 7) is 0. The minimum Gasteiger partial charge on any atom is -0.371 e. The summed E-state index contributed by atoms with van der Waals surface area (Å²) in [4.78, 5) is 13.3. The Hall–Kier alpha value is -3.46. The molecular weight excluding hydrogens is 337 g/mol. The Labute approximate surface area is 157 Å². The highest BCUT2D eigenvalue weighted by Crippen LogP contribution is 2.26. The van der Waals surface area contributed by atoms with Crippen molar-refractivity contribution in [3.8, 4) is 0 Å². The molecule has 3 heteroatoms. The number of anilines is 1. The first-order chi connectivity index (χ1) is 13.2. The van der Waals surface area contributed by atoms with E-state index >= 15 is 0 Å². The van der Waals surface area contributed by atoms with Crippen molar-refractivity contribution in [1.82, 2.24) is 0 Å². The number of carbonyl (C=O) groups excluding carboxylic acids is 1. The molecule has 0 radical (unpaired) electrons. The highest BCUT2D eigenvalue weighted by molar-refractivity contribution is 6.04. The van der Waals surface area contributed by atoms with Crippen LogP contribution in [0.1, 0.15) is 22.0 Å². The number of rotatable bonds is 5. The molecule has 0 aliphatic rings. The van der Waals surface area contributed by atoms with E-state index in [-0.39, 0.29) is 11.6 Å². The van der Waals surface area contributed by atoms with Gasteiger partial charge >= 0.3 is 0 Å². The number of benzene rings is 4. The normalized spacial score (nSPS) is 11.9. The second-order valence-corrected chi connectivity index (χ2v) is 6.42. The first-order valence-corrected chi connectivity index (χ1v) is 8.81. The predicted octanol–water partition coefficient (Wildman–Crippen LogP) is 6.02. The lowest BCUT2D eigenvalue weighted by Crippen LogP contribution is -2.21. The maximum absolute atomic E-state index is 13.4. The summed E-state index contributed by atoms with van der Waals surface area (Å²) in [7, 11) is 0. The maximum Gasteiger partial charge on any atom is 0.189 e. The molecule has 1 N–H and O–H groups in total. The molecule has 0 aromatic heterocycles. The number of hydrogen-bond acceptors (Lipinski definition) is 2. The van der Waals surface area contributed by atoms with Gasteiger partial charge in [-0.3, -0.25) is 4.79 Å². The number of ketones is 1. The summed E-state index contributed by atoms with van der Waals surface area (Å²) in [5, 5.41) is 5.39. The van der Waals surface area contributed by atoms with Gasteiger partial charge in [0.05, 0.1) is 0 Å². The highest BCUT2D eigenvalue weighted by atomic mass is 19.1. The first-order valence-electron chi connectivity index (χ1n) is 8.81. The van der Waals surface area contributed by atoms with Gasteiger partial charge in [0.2, 0.25) is 0 Å². The van der Waals surface area contributed by atoms with Gasteiger partial charge in [-0.2, -0.15) is 0 Å². The number of para-hydroxylation sites is 1. The Bertz CT molecular complexity index is 1070. The lowest BCUT2D eigenvalue weighted by molar-refractivity contribution is 0.0969. The van der Waals surface area contributed by atoms with Crippen molar-refractivity contribution in [3.63, 3.8) is 0 Å². The number of hydrogen-bond donors (Lipinski definition) is 1. The average Bonchev–Trinajstić information content (AvgIpc) is 2.73. The molecule has 132 valence electrons. The summed E-state index contributed by atoms with van der Waals surface area (Å²) in [6, 6.07) is 28.6. The number of Topliss-reactive ketones (excluding diaryl/α,β-unsaturated/α-hetero) is 1. The average molecular weight is 355 g/mol. The monoisotopic (exact) mass is 355 g/mol. The Morgan fingerprint density at radius 3 is 2.15 bits per heavy atom. The maximum atomic E-state index is 13.4. The summed E-state index contributed by atoms with van der Waals surface area (Å²) in [5.41, 5.74) is 2.17. The fraction of sp³-hybridized carbons (Fsp3) is 0.0417. The van der Waals surface area contributed by atoms with E-state index in [0.29, 0.717) is 5.56 Å². The molecule has 0 heterocycles. The summed E-state index contributed by atoms with van der Waals surface area (Å²) >= 11 is 0. The van der Waals surface area contributed by atoms with Crippen LogP contribution in [0.15, 0.2) is 97.1 Å². The molecule has 1 atom stereocenters. The van der Waals surface area contributed by atoms with Gasteiger partial charge in [0, 0.05) is 11.3 Å². The van der Waals surface area contributed by atoms with Gasteiger partial charge in [0.25, 0.3) is 0 Å². The fourth-order valence-electron chi connectivity index (χ4n) is 3.17. The molecule has 0 aliphatic heterocycles. The van der Waals surface area contributed by atoms with Gasteiger partial charge in [-0.05, 0) is 46.7 Å². The van der Waals surface area contributed by atoms with E-state index in [2.05, 4.69) is 5.32 Å². The Balaban J connectivity index is 1.73. The molecule has 0 saturated carbocycles. The molecule has 0 amide bonds. The Morgan fingerprint density at radius 2 is 1.41 bits per heavy atom. The summed E-state index contributed by atoms with van der Waals surface area (Å²) in [5.74, 6) is -0.383. The van der Waals surface area contributed by atoms with Crippen LogP contribution in [0, 0.1) is 5.82 Å². The van der Waals surface area contributed by atoms with E-state index in [1.165, 1.54) is 12.1 Å². The summed E-state index contributed by atoms with van der Waals surface area (Å²) < 4.78 is 13.4. The number of nitrogens with one attached hydrogen (secondary N) is 1. The zero-order valence-electron chi connectivity index (χ0n) is 14.6. The van der Waals surface area contributed by atoms with Gasteiger partial charge in [-0.25, -0.2) is 4.39 Å². The second-order valence-electron chi connectivity index (χ2n) is 6.42. The standard InChI is InChI=1S/C24H18FNO/c25-21-14-12-18(13-15-21)23(26-22-8-2-1-3-9-22)24(27)20-11-10-17-6-4-5-7-19(17)16-20/h1-16,23,26H/t23-/m0/s1. The molecule has 0 unspecified atom stereocenters. The van der Waals surface area contributed by atoms with Gasteiger partial charge in [0.1, 0.15) is 11.9 Å². The van der Waals surface area contributed by atoms with E-state index in [1.54, 1.807) is 12.1 Å². The van der Waals surface area contributed by atoms with Crippen LogP contribution in [-0.2, 0) is 0 Å². The Morgan fingerprint density at radius 1 is 0.741 bits per heavy atom. The summed E-state index contributed by atoms with van der Waals surface area (Å²) in [6.07, 6.45) is 0. The van der Waals surface area contributed by atoms with E-state index < -0.39 is 6.04 Å². The zero-order chi connectivity index (χ0) is 18.6. The molecule has 2 nitrogen and oxygen atoms in total. The third-order valence-corrected chi connectivity index (χ3v) is 4.58. The van der Waals surface area contributed by atoms with Crippen molar-refractivity contribution in [2.24, 2.45) is 0 Å². The first kappa shape index (κ1) is 17.0. The SMILES string of the molecule is O=C(c1ccc2ccccc2c1)[C@@H](Nc1ccccc1)c1ccc(F)cc1. The lowest BCUT2D eigenvalue weighted by atomic mass is 9.95. The van der Waals surface area contributed by atoms with E-state index in [0.717, 1.165) is 22.0 Å². The van der Waals surface area contributed by atoms with Crippen LogP contribution in [0.2, 0.25) is 0 Å². The van der Waals surface area contributed by atoms with E-state index in [4.69, 9.17) is 0 Å². The van der Waals surface area contributed by atoms with Crippen molar-refractivity contribution < 1.29 is 9.18 Å². The van der Waals surface area contributed by atoms with Crippen LogP contribution in [-0.4, -0.2) is 5.78 Å². The van der Waals surface area contributed by atoms with Crippen molar-refractivity contribution in [3.05, 3.63) is 114 Å². The molecule has 4 aromatic carbocycles. The lowest BCUT2D eigenvalue weighted by Gasteiger charge is -2.20. The van der Waals surface area contributed by atoms with Crippen LogP contribution in [0.5, 0.6) is 0 Å². The fourth-order valence-corrected chi connectivity index (χ4v) is 3.17. The molecule has 27 heavy (non-hydrogen) atoms. The van der Waals surface area contributed by atoms with Gasteiger partial charge < -0.3 is 5.32 Å². The van der Waals surface area contributed by atoms with E-state index in [1.807, 2.05) is 72.8 Å². The minimum atomic E-state index is -0.603. The van der Waals surface area contributed by atoms with Crippen LogP contribution >= 0.6 is 0 Å². The third kappa shape index (κ3) is 3.72. The largest absolute Gasteiger partial charge is 0.371 e. The minimum absolute atomic E-state index is 0.0591. The Kier molecular flexibility index (Phi) is 4.67. The molecule has 4 rings (SSSR count). The molecule has 0 spiro atoms. The second kappa shape index (κ2) is 7.42. The van der Waals surface area contributed by atoms with Crippen LogP contribution < -0.4 is 5.32 Å². The quantitative estimate of drug-likeness (QED) is 0.444. The number of carbonyl (C=O) groups is 1. The van der Waals surface area contributed by atoms with Crippen molar-refractivity contribution in [2.75, 3.05) is 5.32 Å². The van der Waals surface area contributed by atoms with Gasteiger partial charge in [-0.15, -0.1) is 0 Å². The van der Waals surface area contributed by atoms with E-state index in [9.17, 15) is 9.18 Å². The highest BCUT2D eigenvalue weighted by Gasteiger charge is 2.22. The van der Waals surface area contributed by atoms with Gasteiger partial charge in [-0.1, -0.05) is 66.7 Å². The van der Waals surface area contributed by atoms with Crippen LogP contribution in [0.25, 0.3) is 10.8 Å². The van der Waals surface area contributed by atoms with Crippen LogP contribution in [0.3, 0.4) is 0 Å². The molecule has 0 bridgehead atoms. The number of halogens is 1. The third-order valence-electron chi connectivity index (χ3n) is 4.58. The molecule has 0 fully saturated rings. The number of fused-ring (bicyclic) bond motifs is 1. The van der Waals surface area contributed by atoms with Crippen LogP contribution in [0.4, 0.5) is 10.1 Å². The van der Waals surface area contributed by atoms with Crippen molar-refractivity contribution >= 4 is 22.2 Å². The smallest absolute Gasteiger partial charge is 0.189 e. The van der Waals surface area contributed by atoms with Gasteiger partial charge in [0.15, 0.2) is 5.78 Å². The molecular formula is C24H18FNO. The zero-order valence-corrected chi connectivity index (χ0v) is 14.6. The molecule has 4 aromatic rings. The molecule has 0 saturated heterocycles.